The molecular formula is C24H25ClN2O3. The van der Waals surface area contributed by atoms with Crippen molar-refractivity contribution in [2.45, 2.75) is 32.7 Å². The predicted molar refractivity (Wildman–Crippen MR) is 119 cm³/mol. The zero-order valence-corrected chi connectivity index (χ0v) is 18.0. The van der Waals surface area contributed by atoms with Gasteiger partial charge in [-0.1, -0.05) is 35.9 Å². The Bertz CT molecular complexity index is 1150. The van der Waals surface area contributed by atoms with E-state index in [1.54, 1.807) is 6.07 Å². The summed E-state index contributed by atoms with van der Waals surface area (Å²) in [5, 5.41) is 4.15. The van der Waals surface area contributed by atoms with Gasteiger partial charge < -0.3 is 9.73 Å². The second kappa shape index (κ2) is 8.62. The van der Waals surface area contributed by atoms with Crippen molar-refractivity contribution in [2.24, 2.45) is 0 Å². The molecule has 0 unspecified atom stereocenters. The number of amides is 1. The van der Waals surface area contributed by atoms with Crippen LogP contribution in [0.4, 0.5) is 0 Å². The van der Waals surface area contributed by atoms with Crippen LogP contribution < -0.4 is 10.7 Å². The van der Waals surface area contributed by atoms with Crippen molar-refractivity contribution in [3.8, 4) is 0 Å². The molecule has 5 nitrogen and oxygen atoms in total. The van der Waals surface area contributed by atoms with E-state index in [2.05, 4.69) is 10.2 Å². The number of benzene rings is 2. The number of halogens is 1. The molecule has 2 aromatic carbocycles. The topological polar surface area (TPSA) is 62.6 Å². The summed E-state index contributed by atoms with van der Waals surface area (Å²) in [6, 6.07) is 12.7. The van der Waals surface area contributed by atoms with Gasteiger partial charge in [-0.05, 0) is 68.6 Å². The fraction of sp³-hybridized carbons (Fsp3) is 0.333. The molecule has 1 aromatic heterocycles. The SMILES string of the molecule is Cc1cc(C)c2c(=O)cc(C(=O)NC[C@H](c3ccccc3Cl)N3CCCC3)oc2c1. The van der Waals surface area contributed by atoms with Crippen LogP contribution in [0.1, 0.15) is 46.1 Å². The van der Waals surface area contributed by atoms with Crippen LogP contribution in [0.5, 0.6) is 0 Å². The number of aryl methyl sites for hydroxylation is 2. The number of carbonyl (C=O) groups is 1. The molecule has 1 fully saturated rings. The summed E-state index contributed by atoms with van der Waals surface area (Å²) >= 11 is 6.45. The highest BCUT2D eigenvalue weighted by Gasteiger charge is 2.26. The molecule has 4 rings (SSSR count). The molecule has 6 heteroatoms. The normalized spacial score (nSPS) is 15.4. The summed E-state index contributed by atoms with van der Waals surface area (Å²) in [7, 11) is 0. The van der Waals surface area contributed by atoms with Crippen LogP contribution in [-0.2, 0) is 0 Å². The summed E-state index contributed by atoms with van der Waals surface area (Å²) in [5.74, 6) is -0.374. The first kappa shape index (κ1) is 20.6. The van der Waals surface area contributed by atoms with Crippen molar-refractivity contribution in [1.29, 1.82) is 0 Å². The fourth-order valence-corrected chi connectivity index (χ4v) is 4.55. The Morgan fingerprint density at radius 1 is 1.17 bits per heavy atom. The van der Waals surface area contributed by atoms with Crippen molar-refractivity contribution in [2.75, 3.05) is 19.6 Å². The van der Waals surface area contributed by atoms with E-state index in [1.807, 2.05) is 44.2 Å². The lowest BCUT2D eigenvalue weighted by Gasteiger charge is -2.28. The van der Waals surface area contributed by atoms with Crippen molar-refractivity contribution in [1.82, 2.24) is 10.2 Å². The van der Waals surface area contributed by atoms with E-state index >= 15 is 0 Å². The van der Waals surface area contributed by atoms with Crippen LogP contribution in [0.2, 0.25) is 5.02 Å². The van der Waals surface area contributed by atoms with Gasteiger partial charge in [0.25, 0.3) is 5.91 Å². The van der Waals surface area contributed by atoms with Crippen LogP contribution in [0.25, 0.3) is 11.0 Å². The largest absolute Gasteiger partial charge is 0.451 e. The van der Waals surface area contributed by atoms with Crippen molar-refractivity contribution in [3.63, 3.8) is 0 Å². The van der Waals surface area contributed by atoms with Crippen LogP contribution in [-0.4, -0.2) is 30.4 Å². The van der Waals surface area contributed by atoms with Gasteiger partial charge >= 0.3 is 0 Å². The summed E-state index contributed by atoms with van der Waals surface area (Å²) in [4.78, 5) is 27.8. The van der Waals surface area contributed by atoms with Crippen molar-refractivity contribution < 1.29 is 9.21 Å². The molecule has 0 spiro atoms. The Kier molecular flexibility index (Phi) is 5.93. The maximum absolute atomic E-state index is 12.9. The van der Waals surface area contributed by atoms with Gasteiger partial charge in [-0.25, -0.2) is 0 Å². The van der Waals surface area contributed by atoms with E-state index in [9.17, 15) is 9.59 Å². The van der Waals surface area contributed by atoms with Gasteiger partial charge in [-0.2, -0.15) is 0 Å². The Morgan fingerprint density at radius 3 is 2.63 bits per heavy atom. The molecule has 0 saturated carbocycles. The highest BCUT2D eigenvalue weighted by molar-refractivity contribution is 6.31. The Morgan fingerprint density at radius 2 is 1.90 bits per heavy atom. The van der Waals surface area contributed by atoms with E-state index in [4.69, 9.17) is 16.0 Å². The second-order valence-electron chi connectivity index (χ2n) is 7.92. The molecule has 0 aliphatic carbocycles. The minimum Gasteiger partial charge on any atom is -0.451 e. The molecule has 0 bridgehead atoms. The van der Waals surface area contributed by atoms with Gasteiger partial charge in [0, 0.05) is 17.6 Å². The van der Waals surface area contributed by atoms with Gasteiger partial charge in [-0.3, -0.25) is 14.5 Å². The van der Waals surface area contributed by atoms with Crippen molar-refractivity contribution >= 4 is 28.5 Å². The summed E-state index contributed by atoms with van der Waals surface area (Å²) < 4.78 is 5.80. The molecule has 3 aromatic rings. The molecule has 0 radical (unpaired) electrons. The minimum absolute atomic E-state index is 0.0248. The van der Waals surface area contributed by atoms with E-state index < -0.39 is 5.91 Å². The first-order valence-corrected chi connectivity index (χ1v) is 10.6. The molecule has 1 amide bonds. The third kappa shape index (κ3) is 4.13. The molecule has 1 aliphatic rings. The predicted octanol–water partition coefficient (Wildman–Crippen LogP) is 4.63. The maximum atomic E-state index is 12.9. The van der Waals surface area contributed by atoms with E-state index in [1.165, 1.54) is 6.07 Å². The van der Waals surface area contributed by atoms with Gasteiger partial charge in [0.05, 0.1) is 11.4 Å². The molecule has 1 aliphatic heterocycles. The smallest absolute Gasteiger partial charge is 0.287 e. The van der Waals surface area contributed by atoms with Crippen LogP contribution in [0.15, 0.2) is 51.7 Å². The average molecular weight is 425 g/mol. The maximum Gasteiger partial charge on any atom is 0.287 e. The third-order valence-electron chi connectivity index (χ3n) is 5.70. The fourth-order valence-electron chi connectivity index (χ4n) is 4.29. The Balaban J connectivity index is 1.59. The highest BCUT2D eigenvalue weighted by Crippen LogP contribution is 2.30. The molecule has 1 atom stereocenters. The zero-order valence-electron chi connectivity index (χ0n) is 17.2. The molecule has 1 N–H and O–H groups in total. The van der Waals surface area contributed by atoms with Gasteiger partial charge in [0.2, 0.25) is 0 Å². The lowest BCUT2D eigenvalue weighted by molar-refractivity contribution is 0.0910. The number of hydrogen-bond donors (Lipinski definition) is 1. The van der Waals surface area contributed by atoms with E-state index in [0.29, 0.717) is 22.5 Å². The van der Waals surface area contributed by atoms with E-state index in [-0.39, 0.29) is 17.2 Å². The van der Waals surface area contributed by atoms with Crippen LogP contribution in [0.3, 0.4) is 0 Å². The molecule has 2 heterocycles. The first-order chi connectivity index (χ1) is 14.4. The monoisotopic (exact) mass is 424 g/mol. The number of hydrogen-bond acceptors (Lipinski definition) is 4. The molecule has 156 valence electrons. The lowest BCUT2D eigenvalue weighted by atomic mass is 10.1. The Labute approximate surface area is 180 Å². The van der Waals surface area contributed by atoms with Crippen LogP contribution >= 0.6 is 11.6 Å². The van der Waals surface area contributed by atoms with Gasteiger partial charge in [0.15, 0.2) is 11.2 Å². The number of likely N-dealkylation sites (tertiary alicyclic amines) is 1. The molecule has 30 heavy (non-hydrogen) atoms. The number of nitrogens with zero attached hydrogens (tertiary/aromatic N) is 1. The number of rotatable bonds is 5. The lowest BCUT2D eigenvalue weighted by Crippen LogP contribution is -2.37. The average Bonchev–Trinajstić information content (AvgIpc) is 3.23. The first-order valence-electron chi connectivity index (χ1n) is 10.3. The number of carbonyl (C=O) groups excluding carboxylic acids is 1. The summed E-state index contributed by atoms with van der Waals surface area (Å²) in [6.45, 7) is 6.13. The number of nitrogens with one attached hydrogen (secondary N) is 1. The van der Waals surface area contributed by atoms with Crippen LogP contribution in [0, 0.1) is 13.8 Å². The summed E-state index contributed by atoms with van der Waals surface area (Å²) in [5.41, 5.74) is 3.05. The molecular weight excluding hydrogens is 400 g/mol. The van der Waals surface area contributed by atoms with Crippen molar-refractivity contribution in [3.05, 3.63) is 80.2 Å². The zero-order chi connectivity index (χ0) is 21.3. The second-order valence-corrected chi connectivity index (χ2v) is 8.33. The van der Waals surface area contributed by atoms with Gasteiger partial charge in [-0.15, -0.1) is 0 Å². The van der Waals surface area contributed by atoms with Gasteiger partial charge in [0.1, 0.15) is 5.58 Å². The highest BCUT2D eigenvalue weighted by atomic mass is 35.5. The van der Waals surface area contributed by atoms with E-state index in [0.717, 1.165) is 42.6 Å². The molecule has 1 saturated heterocycles. The standard InChI is InChI=1S/C24H25ClN2O3/c1-15-11-16(2)23-20(28)13-22(30-21(23)12-15)24(29)26-14-19(27-9-5-6-10-27)17-7-3-4-8-18(17)25/h3-4,7-8,11-13,19H,5-6,9-10,14H2,1-2H3,(H,26,29)/t19-/m1/s1. The quantitative estimate of drug-likeness (QED) is 0.648. The summed E-state index contributed by atoms with van der Waals surface area (Å²) in [6.07, 6.45) is 2.26. The number of fused-ring (bicyclic) bond motifs is 1. The third-order valence-corrected chi connectivity index (χ3v) is 6.04. The Hall–Kier alpha value is -2.63. The minimum atomic E-state index is -0.399.